The van der Waals surface area contributed by atoms with Crippen molar-refractivity contribution in [3.05, 3.63) is 0 Å². The van der Waals surface area contributed by atoms with Crippen molar-refractivity contribution in [2.45, 2.75) is 51.2 Å². The average molecular weight is 240 g/mol. The first-order valence-electron chi connectivity index (χ1n) is 7.16. The maximum absolute atomic E-state index is 9.29. The first kappa shape index (κ1) is 13.3. The number of nitrogens with two attached hydrogens (primary N) is 1. The van der Waals surface area contributed by atoms with Gasteiger partial charge in [-0.3, -0.25) is 0 Å². The number of aliphatic hydroxyl groups is 1. The van der Waals surface area contributed by atoms with Crippen molar-refractivity contribution in [3.63, 3.8) is 0 Å². The third-order valence-corrected chi connectivity index (χ3v) is 4.63. The highest BCUT2D eigenvalue weighted by atomic mass is 16.3. The summed E-state index contributed by atoms with van der Waals surface area (Å²) in [5, 5.41) is 9.29. The van der Waals surface area contributed by atoms with Gasteiger partial charge in [0.05, 0.1) is 6.10 Å². The second kappa shape index (κ2) is 5.68. The van der Waals surface area contributed by atoms with Gasteiger partial charge < -0.3 is 15.7 Å². The Morgan fingerprint density at radius 2 is 1.88 bits per heavy atom. The zero-order chi connectivity index (χ0) is 12.4. The van der Waals surface area contributed by atoms with E-state index >= 15 is 0 Å². The van der Waals surface area contributed by atoms with Crippen molar-refractivity contribution in [3.8, 4) is 0 Å². The maximum atomic E-state index is 9.29. The van der Waals surface area contributed by atoms with Gasteiger partial charge in [0.1, 0.15) is 0 Å². The number of rotatable bonds is 4. The van der Waals surface area contributed by atoms with Crippen molar-refractivity contribution in [2.24, 2.45) is 23.5 Å². The molecule has 3 nitrogen and oxygen atoms in total. The Balaban J connectivity index is 1.71. The fraction of sp³-hybridized carbons (Fsp3) is 1.00. The van der Waals surface area contributed by atoms with Gasteiger partial charge in [-0.15, -0.1) is 0 Å². The highest BCUT2D eigenvalue weighted by Crippen LogP contribution is 2.30. The molecular weight excluding hydrogens is 212 g/mol. The van der Waals surface area contributed by atoms with E-state index in [1.54, 1.807) is 0 Å². The molecule has 0 saturated heterocycles. The Morgan fingerprint density at radius 1 is 1.18 bits per heavy atom. The number of aliphatic hydroxyl groups excluding tert-OH is 1. The molecule has 0 aromatic carbocycles. The third-order valence-electron chi connectivity index (χ3n) is 4.63. The molecule has 100 valence electrons. The van der Waals surface area contributed by atoms with Crippen LogP contribution in [0.15, 0.2) is 0 Å². The van der Waals surface area contributed by atoms with E-state index in [1.165, 1.54) is 19.3 Å². The van der Waals surface area contributed by atoms with Crippen molar-refractivity contribution < 1.29 is 5.11 Å². The van der Waals surface area contributed by atoms with Gasteiger partial charge in [0.15, 0.2) is 0 Å². The fourth-order valence-corrected chi connectivity index (χ4v) is 3.50. The first-order valence-corrected chi connectivity index (χ1v) is 7.16. The lowest BCUT2D eigenvalue weighted by molar-refractivity contribution is 0.0243. The second-order valence-corrected chi connectivity index (χ2v) is 6.55. The first-order chi connectivity index (χ1) is 8.04. The molecule has 0 spiro atoms. The molecule has 2 saturated carbocycles. The number of nitrogens with zero attached hydrogens (tertiary/aromatic N) is 1. The van der Waals surface area contributed by atoms with Gasteiger partial charge in [-0.25, -0.2) is 0 Å². The lowest BCUT2D eigenvalue weighted by Crippen LogP contribution is -2.44. The Kier molecular flexibility index (Phi) is 4.45. The van der Waals surface area contributed by atoms with Crippen molar-refractivity contribution in [2.75, 3.05) is 20.1 Å². The van der Waals surface area contributed by atoms with Gasteiger partial charge in [0.25, 0.3) is 0 Å². The van der Waals surface area contributed by atoms with E-state index in [-0.39, 0.29) is 6.10 Å². The predicted molar refractivity (Wildman–Crippen MR) is 70.7 cm³/mol. The summed E-state index contributed by atoms with van der Waals surface area (Å²) in [5.74, 6) is 2.24. The van der Waals surface area contributed by atoms with Crippen LogP contribution in [-0.2, 0) is 0 Å². The van der Waals surface area contributed by atoms with Crippen molar-refractivity contribution in [1.82, 2.24) is 4.90 Å². The van der Waals surface area contributed by atoms with Crippen LogP contribution >= 0.6 is 0 Å². The van der Waals surface area contributed by atoms with Gasteiger partial charge in [0, 0.05) is 19.1 Å². The largest absolute Gasteiger partial charge is 0.393 e. The molecule has 0 aromatic rings. The lowest BCUT2D eigenvalue weighted by atomic mass is 9.78. The smallest absolute Gasteiger partial charge is 0.0546 e. The molecule has 0 aliphatic heterocycles. The van der Waals surface area contributed by atoms with Crippen LogP contribution in [-0.4, -0.2) is 42.3 Å². The Bertz CT molecular complexity index is 240. The standard InChI is InChI=1S/C14H28N2O/c1-10-3-4-14(15)12(5-10)9-16(2)8-11-6-13(17)7-11/h10-14,17H,3-9,15H2,1-2H3. The predicted octanol–water partition coefficient (Wildman–Crippen LogP) is 1.45. The van der Waals surface area contributed by atoms with Gasteiger partial charge in [-0.1, -0.05) is 6.92 Å². The molecule has 17 heavy (non-hydrogen) atoms. The minimum atomic E-state index is -0.0228. The minimum Gasteiger partial charge on any atom is -0.393 e. The molecule has 0 radical (unpaired) electrons. The van der Waals surface area contributed by atoms with Crippen LogP contribution in [0.4, 0.5) is 0 Å². The molecule has 2 aliphatic rings. The van der Waals surface area contributed by atoms with Crippen molar-refractivity contribution >= 4 is 0 Å². The SMILES string of the molecule is CC1CCC(N)C(CN(C)CC2CC(O)C2)C1. The second-order valence-electron chi connectivity index (χ2n) is 6.55. The summed E-state index contributed by atoms with van der Waals surface area (Å²) in [5.41, 5.74) is 6.22. The average Bonchev–Trinajstić information content (AvgIpc) is 2.21. The van der Waals surface area contributed by atoms with Gasteiger partial charge >= 0.3 is 0 Å². The van der Waals surface area contributed by atoms with Crippen LogP contribution in [0.25, 0.3) is 0 Å². The quantitative estimate of drug-likeness (QED) is 0.782. The fourth-order valence-electron chi connectivity index (χ4n) is 3.50. The molecule has 3 N–H and O–H groups in total. The summed E-state index contributed by atoms with van der Waals surface area (Å²) < 4.78 is 0. The summed E-state index contributed by atoms with van der Waals surface area (Å²) in [4.78, 5) is 2.43. The Hall–Kier alpha value is -0.120. The van der Waals surface area contributed by atoms with Crippen LogP contribution in [0, 0.1) is 17.8 Å². The topological polar surface area (TPSA) is 49.5 Å². The molecule has 0 aromatic heterocycles. The van der Waals surface area contributed by atoms with Crippen LogP contribution < -0.4 is 5.73 Å². The van der Waals surface area contributed by atoms with Gasteiger partial charge in [0.2, 0.25) is 0 Å². The number of hydrogen-bond acceptors (Lipinski definition) is 3. The summed E-state index contributed by atoms with van der Waals surface area (Å²) >= 11 is 0. The van der Waals surface area contributed by atoms with Gasteiger partial charge in [-0.2, -0.15) is 0 Å². The highest BCUT2D eigenvalue weighted by Gasteiger charge is 2.30. The number of hydrogen-bond donors (Lipinski definition) is 2. The molecule has 0 bridgehead atoms. The molecule has 3 heteroatoms. The Labute approximate surface area is 105 Å². The molecular formula is C14H28N2O. The maximum Gasteiger partial charge on any atom is 0.0546 e. The van der Waals surface area contributed by atoms with Crippen LogP contribution in [0.5, 0.6) is 0 Å². The van der Waals surface area contributed by atoms with E-state index in [0.29, 0.717) is 17.9 Å². The van der Waals surface area contributed by atoms with Crippen LogP contribution in [0.3, 0.4) is 0 Å². The zero-order valence-electron chi connectivity index (χ0n) is 11.3. The van der Waals surface area contributed by atoms with Crippen molar-refractivity contribution in [1.29, 1.82) is 0 Å². The Morgan fingerprint density at radius 3 is 2.53 bits per heavy atom. The summed E-state index contributed by atoms with van der Waals surface area (Å²) in [6.07, 6.45) is 5.76. The molecule has 0 heterocycles. The van der Waals surface area contributed by atoms with E-state index in [2.05, 4.69) is 18.9 Å². The lowest BCUT2D eigenvalue weighted by Gasteiger charge is -2.38. The third kappa shape index (κ3) is 3.67. The van der Waals surface area contributed by atoms with Crippen LogP contribution in [0.2, 0.25) is 0 Å². The molecule has 3 atom stereocenters. The molecule has 0 amide bonds. The monoisotopic (exact) mass is 240 g/mol. The molecule has 2 fully saturated rings. The summed E-state index contributed by atoms with van der Waals surface area (Å²) in [6, 6.07) is 0.403. The van der Waals surface area contributed by atoms with Crippen LogP contribution in [0.1, 0.15) is 39.0 Å². The summed E-state index contributed by atoms with van der Waals surface area (Å²) in [7, 11) is 2.21. The van der Waals surface area contributed by atoms with E-state index in [1.807, 2.05) is 0 Å². The molecule has 2 rings (SSSR count). The summed E-state index contributed by atoms with van der Waals surface area (Å²) in [6.45, 7) is 4.62. The zero-order valence-corrected chi connectivity index (χ0v) is 11.3. The van der Waals surface area contributed by atoms with E-state index < -0.39 is 0 Å². The minimum absolute atomic E-state index is 0.0228. The molecule has 2 aliphatic carbocycles. The van der Waals surface area contributed by atoms with E-state index in [4.69, 9.17) is 5.73 Å². The van der Waals surface area contributed by atoms with E-state index in [0.717, 1.165) is 31.8 Å². The normalized spacial score (nSPS) is 42.5. The highest BCUT2D eigenvalue weighted by molar-refractivity contribution is 4.85. The van der Waals surface area contributed by atoms with E-state index in [9.17, 15) is 5.11 Å². The molecule has 3 unspecified atom stereocenters. The van der Waals surface area contributed by atoms with Gasteiger partial charge in [-0.05, 0) is 56.9 Å².